The van der Waals surface area contributed by atoms with E-state index in [0.29, 0.717) is 5.56 Å². The predicted octanol–water partition coefficient (Wildman–Crippen LogP) is 4.38. The minimum atomic E-state index is 0.101. The maximum atomic E-state index is 13.4. The number of nitriles is 1. The van der Waals surface area contributed by atoms with Crippen LogP contribution in [-0.2, 0) is 0 Å². The Balaban J connectivity index is 1.50. The number of anilines is 1. The number of imidazole rings is 1. The lowest BCUT2D eigenvalue weighted by Gasteiger charge is -2.33. The minimum absolute atomic E-state index is 0.101. The van der Waals surface area contributed by atoms with E-state index in [2.05, 4.69) is 47.8 Å². The molecular weight excluding hydrogens is 448 g/mol. The van der Waals surface area contributed by atoms with Crippen LogP contribution in [0.15, 0.2) is 48.7 Å². The van der Waals surface area contributed by atoms with Crippen LogP contribution in [0.3, 0.4) is 0 Å². The summed E-state index contributed by atoms with van der Waals surface area (Å²) >= 11 is 0. The summed E-state index contributed by atoms with van der Waals surface area (Å²) in [5.74, 6) is 1.39. The lowest BCUT2D eigenvalue weighted by atomic mass is 9.91. The molecule has 3 heterocycles. The molecule has 2 aliphatic heterocycles. The first-order valence-electron chi connectivity index (χ1n) is 12.4. The van der Waals surface area contributed by atoms with Gasteiger partial charge in [0.2, 0.25) is 0 Å². The summed E-state index contributed by atoms with van der Waals surface area (Å²) in [7, 11) is 6.09. The Kier molecular flexibility index (Phi) is 6.38. The van der Waals surface area contributed by atoms with Crippen molar-refractivity contribution in [1.82, 2.24) is 19.4 Å². The number of rotatable bonds is 4. The molecule has 0 radical (unpaired) electrons. The zero-order valence-electron chi connectivity index (χ0n) is 21.4. The quantitative estimate of drug-likeness (QED) is 0.554. The van der Waals surface area contributed by atoms with Crippen LogP contribution in [0.2, 0.25) is 0 Å². The molecule has 1 aromatic heterocycles. The van der Waals surface area contributed by atoms with Gasteiger partial charge in [-0.25, -0.2) is 4.98 Å². The number of likely N-dealkylation sites (N-methyl/N-ethyl adjacent to an activating group) is 1. The number of amides is 1. The van der Waals surface area contributed by atoms with Crippen LogP contribution < -0.4 is 4.90 Å². The van der Waals surface area contributed by atoms with Gasteiger partial charge in [-0.1, -0.05) is 25.1 Å². The Labute approximate surface area is 212 Å². The Bertz CT molecular complexity index is 1350. The summed E-state index contributed by atoms with van der Waals surface area (Å²) in [4.78, 5) is 24.4. The molecule has 5 rings (SSSR count). The second kappa shape index (κ2) is 9.63. The molecule has 3 aromatic rings. The van der Waals surface area contributed by atoms with Crippen molar-refractivity contribution < 1.29 is 4.79 Å². The molecule has 0 N–H and O–H groups in total. The lowest BCUT2D eigenvalue weighted by molar-refractivity contribution is 0.0665. The molecule has 0 spiro atoms. The summed E-state index contributed by atoms with van der Waals surface area (Å²) < 4.78 is 2.17. The third-order valence-corrected chi connectivity index (χ3v) is 7.26. The van der Waals surface area contributed by atoms with Gasteiger partial charge in [0.25, 0.3) is 5.91 Å². The van der Waals surface area contributed by atoms with Gasteiger partial charge in [0.1, 0.15) is 5.82 Å². The highest BCUT2D eigenvalue weighted by atomic mass is 16.2. The summed E-state index contributed by atoms with van der Waals surface area (Å²) in [5.41, 5.74) is 6.69. The van der Waals surface area contributed by atoms with E-state index in [1.165, 1.54) is 5.57 Å². The third-order valence-electron chi connectivity index (χ3n) is 7.26. The molecular formula is C29H32N6O. The van der Waals surface area contributed by atoms with E-state index in [1.807, 2.05) is 60.4 Å². The number of hydrogen-bond acceptors (Lipinski definition) is 5. The van der Waals surface area contributed by atoms with Crippen LogP contribution in [0.5, 0.6) is 0 Å². The summed E-state index contributed by atoms with van der Waals surface area (Å²) in [6.45, 7) is 5.52. The second-order valence-electron chi connectivity index (χ2n) is 10.0. The first kappa shape index (κ1) is 23.8. The molecule has 1 unspecified atom stereocenters. The molecule has 7 nitrogen and oxygen atoms in total. The number of aromatic nitrogens is 2. The van der Waals surface area contributed by atoms with Gasteiger partial charge in [-0.3, -0.25) is 4.79 Å². The number of allylic oxidation sites excluding steroid dienone is 1. The van der Waals surface area contributed by atoms with Crippen molar-refractivity contribution in [2.75, 3.05) is 52.2 Å². The van der Waals surface area contributed by atoms with Crippen molar-refractivity contribution in [3.8, 4) is 17.3 Å². The van der Waals surface area contributed by atoms with E-state index in [-0.39, 0.29) is 11.8 Å². The standard InChI is InChI=1S/C29H32N6O/c1-20-15-24(19-35-27(18-31-28(20)35)22-7-5-21(17-30)6-8-22)23-9-10-25(26(16-23)32(2)3)29(36)34-13-11-33(4)12-14-34/h5-10,16,18-20H,11-15H2,1-4H3. The van der Waals surface area contributed by atoms with Crippen molar-refractivity contribution >= 4 is 23.4 Å². The molecule has 36 heavy (non-hydrogen) atoms. The van der Waals surface area contributed by atoms with Crippen molar-refractivity contribution in [1.29, 1.82) is 5.26 Å². The fraction of sp³-hybridized carbons (Fsp3) is 0.345. The molecule has 0 bridgehead atoms. The molecule has 1 fully saturated rings. The van der Waals surface area contributed by atoms with Crippen LogP contribution in [-0.4, -0.2) is 72.6 Å². The number of carbonyl (C=O) groups excluding carboxylic acids is 1. The monoisotopic (exact) mass is 480 g/mol. The van der Waals surface area contributed by atoms with E-state index in [0.717, 1.165) is 66.5 Å². The van der Waals surface area contributed by atoms with Gasteiger partial charge in [0.05, 0.1) is 29.1 Å². The zero-order chi connectivity index (χ0) is 25.4. The van der Waals surface area contributed by atoms with Gasteiger partial charge in [-0.15, -0.1) is 0 Å². The van der Waals surface area contributed by atoms with E-state index < -0.39 is 0 Å². The smallest absolute Gasteiger partial charge is 0.256 e. The fourth-order valence-corrected chi connectivity index (χ4v) is 5.09. The van der Waals surface area contributed by atoms with Gasteiger partial charge >= 0.3 is 0 Å². The molecule has 2 aliphatic rings. The molecule has 7 heteroatoms. The Morgan fingerprint density at radius 1 is 1.06 bits per heavy atom. The largest absolute Gasteiger partial charge is 0.377 e. The highest BCUT2D eigenvalue weighted by Gasteiger charge is 2.26. The minimum Gasteiger partial charge on any atom is -0.377 e. The van der Waals surface area contributed by atoms with E-state index in [4.69, 9.17) is 10.2 Å². The van der Waals surface area contributed by atoms with Crippen LogP contribution in [0.1, 0.15) is 46.6 Å². The number of carbonyl (C=O) groups is 1. The normalized spacial score (nSPS) is 17.8. The van der Waals surface area contributed by atoms with Gasteiger partial charge in [-0.2, -0.15) is 5.26 Å². The molecule has 184 valence electrons. The average Bonchev–Trinajstić information content (AvgIpc) is 3.33. The molecule has 1 saturated heterocycles. The third kappa shape index (κ3) is 4.40. The average molecular weight is 481 g/mol. The van der Waals surface area contributed by atoms with Crippen molar-refractivity contribution in [3.05, 3.63) is 71.2 Å². The topological polar surface area (TPSA) is 68.4 Å². The molecule has 1 atom stereocenters. The van der Waals surface area contributed by atoms with Crippen LogP contribution >= 0.6 is 0 Å². The van der Waals surface area contributed by atoms with Gasteiger partial charge < -0.3 is 19.3 Å². The Hall–Kier alpha value is -3.89. The number of piperazine rings is 1. The molecule has 1 amide bonds. The maximum absolute atomic E-state index is 13.4. The second-order valence-corrected chi connectivity index (χ2v) is 10.0. The highest BCUT2D eigenvalue weighted by Crippen LogP contribution is 2.38. The Morgan fingerprint density at radius 2 is 1.75 bits per heavy atom. The first-order chi connectivity index (χ1) is 17.4. The van der Waals surface area contributed by atoms with Crippen LogP contribution in [0, 0.1) is 11.3 Å². The fourth-order valence-electron chi connectivity index (χ4n) is 5.09. The molecule has 0 saturated carbocycles. The van der Waals surface area contributed by atoms with Crippen molar-refractivity contribution in [2.24, 2.45) is 0 Å². The van der Waals surface area contributed by atoms with Gasteiger partial charge in [0.15, 0.2) is 0 Å². The summed E-state index contributed by atoms with van der Waals surface area (Å²) in [6.07, 6.45) is 4.96. The maximum Gasteiger partial charge on any atom is 0.256 e. The number of fused-ring (bicyclic) bond motifs is 1. The van der Waals surface area contributed by atoms with Crippen LogP contribution in [0.4, 0.5) is 5.69 Å². The first-order valence-corrected chi connectivity index (χ1v) is 12.4. The zero-order valence-corrected chi connectivity index (χ0v) is 21.4. The van der Waals surface area contributed by atoms with Crippen LogP contribution in [0.25, 0.3) is 23.0 Å². The Morgan fingerprint density at radius 3 is 2.42 bits per heavy atom. The highest BCUT2D eigenvalue weighted by molar-refractivity contribution is 6.00. The van der Waals surface area contributed by atoms with Crippen molar-refractivity contribution in [3.63, 3.8) is 0 Å². The van der Waals surface area contributed by atoms with Crippen molar-refractivity contribution in [2.45, 2.75) is 19.3 Å². The SMILES string of the molecule is CC1CC(c2ccc(C(=O)N3CCN(C)CC3)c(N(C)C)c2)=Cn2c(-c3ccc(C#N)cc3)cnc21. The van der Waals surface area contributed by atoms with Gasteiger partial charge in [0, 0.05) is 63.6 Å². The number of nitrogens with zero attached hydrogens (tertiary/aromatic N) is 6. The van der Waals surface area contributed by atoms with E-state index in [1.54, 1.807) is 0 Å². The number of hydrogen-bond donors (Lipinski definition) is 0. The van der Waals surface area contributed by atoms with Gasteiger partial charge in [-0.05, 0) is 48.9 Å². The lowest BCUT2D eigenvalue weighted by Crippen LogP contribution is -2.47. The summed E-state index contributed by atoms with van der Waals surface area (Å²) in [6, 6.07) is 16.0. The van der Waals surface area contributed by atoms with E-state index in [9.17, 15) is 4.79 Å². The molecule has 2 aromatic carbocycles. The molecule has 0 aliphatic carbocycles. The van der Waals surface area contributed by atoms with E-state index >= 15 is 0 Å². The predicted molar refractivity (Wildman–Crippen MR) is 144 cm³/mol. The number of benzene rings is 2. The summed E-state index contributed by atoms with van der Waals surface area (Å²) in [5, 5.41) is 9.14.